The highest BCUT2D eigenvalue weighted by Crippen LogP contribution is 2.34. The number of nitrogens with zero attached hydrogens (tertiary/aromatic N) is 2. The van der Waals surface area contributed by atoms with Gasteiger partial charge in [-0.3, -0.25) is 0 Å². The van der Waals surface area contributed by atoms with Crippen LogP contribution in [0.15, 0.2) is 9.98 Å². The summed E-state index contributed by atoms with van der Waals surface area (Å²) < 4.78 is 0. The highest BCUT2D eigenvalue weighted by molar-refractivity contribution is 6.66. The molecule has 12 heavy (non-hydrogen) atoms. The second kappa shape index (κ2) is 3.05. The quantitative estimate of drug-likeness (QED) is 0.662. The fourth-order valence-corrected chi connectivity index (χ4v) is 1.93. The molecule has 0 amide bonds. The third-order valence-corrected chi connectivity index (χ3v) is 2.84. The summed E-state index contributed by atoms with van der Waals surface area (Å²) in [5.74, 6) is 1.05. The van der Waals surface area contributed by atoms with Crippen molar-refractivity contribution in [1.82, 2.24) is 0 Å². The van der Waals surface area contributed by atoms with Crippen LogP contribution in [0.2, 0.25) is 0 Å². The molecule has 1 atom stereocenters. The van der Waals surface area contributed by atoms with Crippen LogP contribution in [0, 0.1) is 5.92 Å². The van der Waals surface area contributed by atoms with E-state index in [4.69, 9.17) is 17.3 Å². The summed E-state index contributed by atoms with van der Waals surface area (Å²) in [6.07, 6.45) is 4.65. The van der Waals surface area contributed by atoms with E-state index < -0.39 is 0 Å². The van der Waals surface area contributed by atoms with Gasteiger partial charge in [0.15, 0.2) is 0 Å². The minimum absolute atomic E-state index is 0.309. The molecular weight excluding hydrogens is 174 g/mol. The van der Waals surface area contributed by atoms with Crippen molar-refractivity contribution in [2.24, 2.45) is 21.6 Å². The zero-order chi connectivity index (χ0) is 8.55. The van der Waals surface area contributed by atoms with E-state index in [0.29, 0.717) is 23.1 Å². The lowest BCUT2D eigenvalue weighted by Gasteiger charge is -2.32. The third kappa shape index (κ3) is 1.46. The normalized spacial score (nSPS) is 30.6. The van der Waals surface area contributed by atoms with Gasteiger partial charge in [-0.15, -0.1) is 0 Å². The molecule has 2 N–H and O–H groups in total. The molecule has 3 nitrogen and oxygen atoms in total. The largest absolute Gasteiger partial charge is 0.368 e. The predicted octanol–water partition coefficient (Wildman–Crippen LogP) is 1.51. The van der Waals surface area contributed by atoms with E-state index in [0.717, 1.165) is 6.42 Å². The Morgan fingerprint density at radius 3 is 2.67 bits per heavy atom. The Hall–Kier alpha value is -0.570. The maximum absolute atomic E-state index is 5.82. The Morgan fingerprint density at radius 2 is 2.17 bits per heavy atom. The van der Waals surface area contributed by atoms with E-state index in [1.165, 1.54) is 19.3 Å². The number of rotatable bonds is 1. The highest BCUT2D eigenvalue weighted by atomic mass is 35.5. The molecule has 0 bridgehead atoms. The van der Waals surface area contributed by atoms with E-state index in [2.05, 4.69) is 9.98 Å². The molecule has 1 saturated carbocycles. The van der Waals surface area contributed by atoms with E-state index in [-0.39, 0.29) is 0 Å². The summed E-state index contributed by atoms with van der Waals surface area (Å²) in [5, 5.41) is 0.611. The molecule has 0 saturated heterocycles. The first-order chi connectivity index (χ1) is 5.75. The fraction of sp³-hybridized carbons (Fsp3) is 0.750. The molecule has 0 spiro atoms. The van der Waals surface area contributed by atoms with E-state index in [1.807, 2.05) is 0 Å². The Bertz CT molecular complexity index is 243. The lowest BCUT2D eigenvalue weighted by Crippen LogP contribution is -2.32. The van der Waals surface area contributed by atoms with Gasteiger partial charge < -0.3 is 5.73 Å². The SMILES string of the molecule is NC1=NC(C2CCC2)CC(Cl)=N1. The van der Waals surface area contributed by atoms with Gasteiger partial charge in [-0.2, -0.15) is 0 Å². The summed E-state index contributed by atoms with van der Waals surface area (Å²) in [6, 6.07) is 0.309. The average Bonchev–Trinajstić information content (AvgIpc) is 1.79. The van der Waals surface area contributed by atoms with Crippen LogP contribution in [0.25, 0.3) is 0 Å². The number of halogens is 1. The summed E-state index contributed by atoms with van der Waals surface area (Å²) in [7, 11) is 0. The monoisotopic (exact) mass is 185 g/mol. The van der Waals surface area contributed by atoms with Gasteiger partial charge in [0.05, 0.1) is 6.04 Å². The molecule has 1 fully saturated rings. The molecule has 2 aliphatic rings. The molecule has 1 aliphatic carbocycles. The Kier molecular flexibility index (Phi) is 2.05. The molecular formula is C8H12ClN3. The van der Waals surface area contributed by atoms with Gasteiger partial charge >= 0.3 is 0 Å². The van der Waals surface area contributed by atoms with Crippen LogP contribution in [0.4, 0.5) is 0 Å². The van der Waals surface area contributed by atoms with Gasteiger partial charge in [-0.25, -0.2) is 9.98 Å². The minimum atomic E-state index is 0.309. The van der Waals surface area contributed by atoms with Gasteiger partial charge in [-0.05, 0) is 18.8 Å². The topological polar surface area (TPSA) is 50.7 Å². The molecule has 4 heteroatoms. The first-order valence-corrected chi connectivity index (χ1v) is 4.70. The van der Waals surface area contributed by atoms with E-state index in [1.54, 1.807) is 0 Å². The van der Waals surface area contributed by atoms with Gasteiger partial charge in [0.2, 0.25) is 5.96 Å². The number of nitrogens with two attached hydrogens (primary N) is 1. The molecule has 0 aromatic carbocycles. The fourth-order valence-electron chi connectivity index (χ4n) is 1.68. The van der Waals surface area contributed by atoms with Gasteiger partial charge in [-0.1, -0.05) is 18.0 Å². The van der Waals surface area contributed by atoms with Crippen molar-refractivity contribution < 1.29 is 0 Å². The minimum Gasteiger partial charge on any atom is -0.368 e. The lowest BCUT2D eigenvalue weighted by atomic mass is 9.79. The van der Waals surface area contributed by atoms with Crippen molar-refractivity contribution in [3.63, 3.8) is 0 Å². The Labute approximate surface area is 76.7 Å². The van der Waals surface area contributed by atoms with Crippen molar-refractivity contribution in [3.8, 4) is 0 Å². The standard InChI is InChI=1S/C8H12ClN3/c9-7-4-6(5-2-1-3-5)11-8(10)12-7/h5-6H,1-4H2,(H2,10,11). The lowest BCUT2D eigenvalue weighted by molar-refractivity contribution is 0.266. The first-order valence-electron chi connectivity index (χ1n) is 4.32. The maximum atomic E-state index is 5.82. The average molecular weight is 186 g/mol. The van der Waals surface area contributed by atoms with Gasteiger partial charge in [0.25, 0.3) is 0 Å². The molecule has 0 aromatic heterocycles. The first kappa shape index (κ1) is 8.05. The maximum Gasteiger partial charge on any atom is 0.216 e. The van der Waals surface area contributed by atoms with Crippen molar-refractivity contribution in [2.45, 2.75) is 31.7 Å². The van der Waals surface area contributed by atoms with Crippen LogP contribution < -0.4 is 5.73 Å². The summed E-state index contributed by atoms with van der Waals surface area (Å²) >= 11 is 5.82. The van der Waals surface area contributed by atoms with Crippen molar-refractivity contribution >= 4 is 22.7 Å². The van der Waals surface area contributed by atoms with E-state index >= 15 is 0 Å². The summed E-state index contributed by atoms with van der Waals surface area (Å²) in [6.45, 7) is 0. The zero-order valence-corrected chi connectivity index (χ0v) is 7.59. The van der Waals surface area contributed by atoms with Crippen LogP contribution in [0.3, 0.4) is 0 Å². The van der Waals surface area contributed by atoms with Crippen LogP contribution in [-0.2, 0) is 0 Å². The molecule has 0 radical (unpaired) electrons. The Morgan fingerprint density at radius 1 is 1.42 bits per heavy atom. The number of hydrogen-bond donors (Lipinski definition) is 1. The summed E-state index contributed by atoms with van der Waals surface area (Å²) in [4.78, 5) is 8.16. The highest BCUT2D eigenvalue weighted by Gasteiger charge is 2.29. The zero-order valence-electron chi connectivity index (χ0n) is 6.83. The second-order valence-corrected chi connectivity index (χ2v) is 3.87. The Balaban J connectivity index is 2.05. The van der Waals surface area contributed by atoms with Gasteiger partial charge in [0, 0.05) is 6.42 Å². The van der Waals surface area contributed by atoms with E-state index in [9.17, 15) is 0 Å². The molecule has 1 unspecified atom stereocenters. The van der Waals surface area contributed by atoms with Crippen LogP contribution in [-0.4, -0.2) is 17.2 Å². The summed E-state index contributed by atoms with van der Waals surface area (Å²) in [5.41, 5.74) is 5.51. The second-order valence-electron chi connectivity index (χ2n) is 3.44. The molecule has 66 valence electrons. The van der Waals surface area contributed by atoms with Crippen LogP contribution >= 0.6 is 11.6 Å². The van der Waals surface area contributed by atoms with Crippen molar-refractivity contribution in [1.29, 1.82) is 0 Å². The molecule has 1 heterocycles. The van der Waals surface area contributed by atoms with Crippen molar-refractivity contribution in [2.75, 3.05) is 0 Å². The van der Waals surface area contributed by atoms with Gasteiger partial charge in [0.1, 0.15) is 5.17 Å². The molecule has 0 aromatic rings. The smallest absolute Gasteiger partial charge is 0.216 e. The molecule has 1 aliphatic heterocycles. The number of hydrogen-bond acceptors (Lipinski definition) is 3. The third-order valence-electron chi connectivity index (χ3n) is 2.61. The number of aliphatic imine (C=N–C) groups is 2. The number of guanidine groups is 1. The van der Waals surface area contributed by atoms with Crippen molar-refractivity contribution in [3.05, 3.63) is 0 Å². The van der Waals surface area contributed by atoms with Crippen LogP contribution in [0.5, 0.6) is 0 Å². The predicted molar refractivity (Wildman–Crippen MR) is 50.7 cm³/mol. The molecule has 2 rings (SSSR count). The van der Waals surface area contributed by atoms with Crippen LogP contribution in [0.1, 0.15) is 25.7 Å².